The number of carbonyl (C=O) groups excluding carboxylic acids is 1. The van der Waals surface area contributed by atoms with Gasteiger partial charge in [-0.1, -0.05) is 32.1 Å². The van der Waals surface area contributed by atoms with E-state index in [4.69, 9.17) is 5.73 Å². The third kappa shape index (κ3) is 3.21. The van der Waals surface area contributed by atoms with E-state index in [-0.39, 0.29) is 6.04 Å². The SMILES string of the molecule is N[C@@H]1CCN(C(=O)CCC2CCCCC2)C1. The number of likely N-dealkylation sites (tertiary alicyclic amines) is 1. The van der Waals surface area contributed by atoms with Gasteiger partial charge in [-0.25, -0.2) is 0 Å². The van der Waals surface area contributed by atoms with Gasteiger partial charge in [0.05, 0.1) is 0 Å². The zero-order valence-corrected chi connectivity index (χ0v) is 10.2. The van der Waals surface area contributed by atoms with Gasteiger partial charge in [-0.05, 0) is 18.8 Å². The lowest BCUT2D eigenvalue weighted by atomic mass is 9.86. The van der Waals surface area contributed by atoms with Gasteiger partial charge in [0.2, 0.25) is 5.91 Å². The van der Waals surface area contributed by atoms with Crippen LogP contribution in [0.25, 0.3) is 0 Å². The number of nitrogens with two attached hydrogens (primary N) is 1. The Bertz CT molecular complexity index is 236. The second kappa shape index (κ2) is 5.67. The number of nitrogens with zero attached hydrogens (tertiary/aromatic N) is 1. The summed E-state index contributed by atoms with van der Waals surface area (Å²) in [5.41, 5.74) is 5.81. The molecule has 3 nitrogen and oxygen atoms in total. The van der Waals surface area contributed by atoms with E-state index in [9.17, 15) is 4.79 Å². The number of hydrogen-bond acceptors (Lipinski definition) is 2. The third-order valence-corrected chi connectivity index (χ3v) is 4.07. The van der Waals surface area contributed by atoms with Crippen molar-refractivity contribution in [2.24, 2.45) is 11.7 Å². The van der Waals surface area contributed by atoms with Crippen LogP contribution in [-0.2, 0) is 4.79 Å². The van der Waals surface area contributed by atoms with Gasteiger partial charge in [0, 0.05) is 25.6 Å². The maximum absolute atomic E-state index is 11.9. The lowest BCUT2D eigenvalue weighted by molar-refractivity contribution is -0.130. The second-order valence-electron chi connectivity index (χ2n) is 5.43. The van der Waals surface area contributed by atoms with Gasteiger partial charge in [0.25, 0.3) is 0 Å². The summed E-state index contributed by atoms with van der Waals surface area (Å²) < 4.78 is 0. The molecule has 0 aromatic carbocycles. The molecule has 1 atom stereocenters. The first-order valence-corrected chi connectivity index (χ1v) is 6.79. The van der Waals surface area contributed by atoms with Crippen molar-refractivity contribution in [3.05, 3.63) is 0 Å². The van der Waals surface area contributed by atoms with Gasteiger partial charge >= 0.3 is 0 Å². The monoisotopic (exact) mass is 224 g/mol. The largest absolute Gasteiger partial charge is 0.341 e. The summed E-state index contributed by atoms with van der Waals surface area (Å²) in [5.74, 6) is 1.15. The summed E-state index contributed by atoms with van der Waals surface area (Å²) in [6, 6.07) is 0.221. The molecule has 2 aliphatic rings. The van der Waals surface area contributed by atoms with Crippen molar-refractivity contribution in [1.29, 1.82) is 0 Å². The Morgan fingerprint density at radius 3 is 2.56 bits per heavy atom. The van der Waals surface area contributed by atoms with Crippen molar-refractivity contribution in [3.8, 4) is 0 Å². The first kappa shape index (κ1) is 11.9. The van der Waals surface area contributed by atoms with E-state index < -0.39 is 0 Å². The Kier molecular flexibility index (Phi) is 4.22. The van der Waals surface area contributed by atoms with Crippen LogP contribution in [0.1, 0.15) is 51.4 Å². The number of carbonyl (C=O) groups is 1. The highest BCUT2D eigenvalue weighted by molar-refractivity contribution is 5.76. The number of rotatable bonds is 3. The molecule has 2 N–H and O–H groups in total. The van der Waals surface area contributed by atoms with E-state index in [1.807, 2.05) is 4.90 Å². The zero-order valence-electron chi connectivity index (χ0n) is 10.2. The van der Waals surface area contributed by atoms with E-state index in [1.54, 1.807) is 0 Å². The molecular formula is C13H24N2O. The molecule has 0 spiro atoms. The molecule has 1 saturated heterocycles. The van der Waals surface area contributed by atoms with Crippen molar-refractivity contribution >= 4 is 5.91 Å². The Labute approximate surface area is 98.4 Å². The van der Waals surface area contributed by atoms with Crippen molar-refractivity contribution < 1.29 is 4.79 Å². The quantitative estimate of drug-likeness (QED) is 0.796. The summed E-state index contributed by atoms with van der Waals surface area (Å²) in [6.07, 6.45) is 9.64. The lowest BCUT2D eigenvalue weighted by Crippen LogP contribution is -2.32. The number of amides is 1. The van der Waals surface area contributed by atoms with E-state index in [1.165, 1.54) is 32.1 Å². The van der Waals surface area contributed by atoms with Crippen LogP contribution in [0.15, 0.2) is 0 Å². The molecule has 1 heterocycles. The highest BCUT2D eigenvalue weighted by Gasteiger charge is 2.24. The fourth-order valence-electron chi connectivity index (χ4n) is 2.98. The molecular weight excluding hydrogens is 200 g/mol. The first-order chi connectivity index (χ1) is 7.75. The molecule has 2 rings (SSSR count). The van der Waals surface area contributed by atoms with E-state index in [2.05, 4.69) is 0 Å². The van der Waals surface area contributed by atoms with Gasteiger partial charge in [0.1, 0.15) is 0 Å². The Morgan fingerprint density at radius 1 is 1.19 bits per heavy atom. The van der Waals surface area contributed by atoms with Gasteiger partial charge < -0.3 is 10.6 Å². The van der Waals surface area contributed by atoms with Crippen molar-refractivity contribution in [3.63, 3.8) is 0 Å². The average molecular weight is 224 g/mol. The molecule has 0 radical (unpaired) electrons. The summed E-state index contributed by atoms with van der Waals surface area (Å²) >= 11 is 0. The third-order valence-electron chi connectivity index (χ3n) is 4.07. The van der Waals surface area contributed by atoms with Crippen LogP contribution in [0.4, 0.5) is 0 Å². The highest BCUT2D eigenvalue weighted by atomic mass is 16.2. The van der Waals surface area contributed by atoms with Crippen LogP contribution in [0.3, 0.4) is 0 Å². The standard InChI is InChI=1S/C13H24N2O/c14-12-8-9-15(10-12)13(16)7-6-11-4-2-1-3-5-11/h11-12H,1-10,14H2/t12-/m1/s1. The van der Waals surface area contributed by atoms with Crippen LogP contribution in [0.2, 0.25) is 0 Å². The molecule has 1 aliphatic carbocycles. The molecule has 1 saturated carbocycles. The molecule has 0 bridgehead atoms. The van der Waals surface area contributed by atoms with Crippen molar-refractivity contribution in [1.82, 2.24) is 4.90 Å². The van der Waals surface area contributed by atoms with Gasteiger partial charge in [-0.15, -0.1) is 0 Å². The van der Waals surface area contributed by atoms with Crippen LogP contribution >= 0.6 is 0 Å². The Morgan fingerprint density at radius 2 is 1.94 bits per heavy atom. The summed E-state index contributed by atoms with van der Waals surface area (Å²) in [5, 5.41) is 0. The van der Waals surface area contributed by atoms with Crippen molar-refractivity contribution in [2.75, 3.05) is 13.1 Å². The van der Waals surface area contributed by atoms with Crippen molar-refractivity contribution in [2.45, 2.75) is 57.4 Å². The molecule has 2 fully saturated rings. The molecule has 0 aromatic heterocycles. The summed E-state index contributed by atoms with van der Waals surface area (Å²) in [7, 11) is 0. The predicted octanol–water partition coefficient (Wildman–Crippen LogP) is 1.91. The van der Waals surface area contributed by atoms with Gasteiger partial charge in [-0.2, -0.15) is 0 Å². The van der Waals surface area contributed by atoms with E-state index in [0.717, 1.165) is 38.3 Å². The van der Waals surface area contributed by atoms with Crippen LogP contribution in [-0.4, -0.2) is 29.9 Å². The smallest absolute Gasteiger partial charge is 0.222 e. The molecule has 16 heavy (non-hydrogen) atoms. The topological polar surface area (TPSA) is 46.3 Å². The molecule has 92 valence electrons. The van der Waals surface area contributed by atoms with Crippen LogP contribution in [0, 0.1) is 5.92 Å². The zero-order chi connectivity index (χ0) is 11.4. The molecule has 1 amide bonds. The normalized spacial score (nSPS) is 27.3. The lowest BCUT2D eigenvalue weighted by Gasteiger charge is -2.22. The molecule has 3 heteroatoms. The molecule has 0 aromatic rings. The average Bonchev–Trinajstić information content (AvgIpc) is 2.74. The second-order valence-corrected chi connectivity index (χ2v) is 5.43. The predicted molar refractivity (Wildman–Crippen MR) is 65.0 cm³/mol. The maximum atomic E-state index is 11.9. The fourth-order valence-corrected chi connectivity index (χ4v) is 2.98. The van der Waals surface area contributed by atoms with Gasteiger partial charge in [-0.3, -0.25) is 4.79 Å². The fraction of sp³-hybridized carbons (Fsp3) is 0.923. The maximum Gasteiger partial charge on any atom is 0.222 e. The van der Waals surface area contributed by atoms with Gasteiger partial charge in [0.15, 0.2) is 0 Å². The summed E-state index contributed by atoms with van der Waals surface area (Å²) in [4.78, 5) is 13.9. The minimum atomic E-state index is 0.221. The minimum Gasteiger partial charge on any atom is -0.341 e. The van der Waals surface area contributed by atoms with Crippen LogP contribution < -0.4 is 5.73 Å². The summed E-state index contributed by atoms with van der Waals surface area (Å²) in [6.45, 7) is 1.66. The van der Waals surface area contributed by atoms with E-state index in [0.29, 0.717) is 5.91 Å². The van der Waals surface area contributed by atoms with Crippen LogP contribution in [0.5, 0.6) is 0 Å². The highest BCUT2D eigenvalue weighted by Crippen LogP contribution is 2.27. The molecule has 0 unspecified atom stereocenters. The minimum absolute atomic E-state index is 0.221. The molecule has 1 aliphatic heterocycles. The van der Waals surface area contributed by atoms with E-state index >= 15 is 0 Å². The Balaban J connectivity index is 1.67. The number of hydrogen-bond donors (Lipinski definition) is 1. The first-order valence-electron chi connectivity index (χ1n) is 6.79. The Hall–Kier alpha value is -0.570.